The van der Waals surface area contributed by atoms with Crippen molar-refractivity contribution in [3.63, 3.8) is 0 Å². The Balaban J connectivity index is 2.28. The molecule has 0 bridgehead atoms. The number of fused-ring (bicyclic) bond motifs is 1. The van der Waals surface area contributed by atoms with Gasteiger partial charge >= 0.3 is 5.97 Å². The predicted molar refractivity (Wildman–Crippen MR) is 75.2 cm³/mol. The van der Waals surface area contributed by atoms with Crippen LogP contribution in [0.2, 0.25) is 0 Å². The lowest BCUT2D eigenvalue weighted by Gasteiger charge is -2.19. The Labute approximate surface area is 117 Å². The summed E-state index contributed by atoms with van der Waals surface area (Å²) in [5.41, 5.74) is 2.30. The number of hydrogen-bond donors (Lipinski definition) is 1. The number of hydrogen-bond acceptors (Lipinski definition) is 6. The molecule has 1 aromatic rings. The molecule has 0 radical (unpaired) electrons. The normalized spacial score (nSPS) is 14.0. The van der Waals surface area contributed by atoms with E-state index in [1.807, 2.05) is 0 Å². The lowest BCUT2D eigenvalue weighted by Crippen LogP contribution is -2.28. The molecule has 2 heterocycles. The maximum Gasteiger partial charge on any atom is 0.357 e. The molecule has 1 aromatic heterocycles. The minimum atomic E-state index is -0.371. The van der Waals surface area contributed by atoms with Crippen LogP contribution < -0.4 is 5.32 Å². The summed E-state index contributed by atoms with van der Waals surface area (Å²) >= 11 is 1.79. The van der Waals surface area contributed by atoms with E-state index in [1.54, 1.807) is 11.8 Å². The fraction of sp³-hybridized carbons (Fsp3) is 0.615. The number of nitrogens with one attached hydrogen (secondary N) is 1. The zero-order valence-corrected chi connectivity index (χ0v) is 12.2. The molecule has 6 heteroatoms. The average Bonchev–Trinajstić information content (AvgIpc) is 2.46. The maximum absolute atomic E-state index is 11.8. The van der Waals surface area contributed by atoms with Crippen molar-refractivity contribution < 1.29 is 9.53 Å². The smallest absolute Gasteiger partial charge is 0.357 e. The Bertz CT molecular complexity index is 465. The van der Waals surface area contributed by atoms with Gasteiger partial charge in [-0.15, -0.1) is 0 Å². The first-order valence-electron chi connectivity index (χ1n) is 6.51. The van der Waals surface area contributed by atoms with Gasteiger partial charge in [0.15, 0.2) is 5.69 Å². The Hall–Kier alpha value is -1.14. The van der Waals surface area contributed by atoms with E-state index in [-0.39, 0.29) is 5.97 Å². The predicted octanol–water partition coefficient (Wildman–Crippen LogP) is 1.55. The van der Waals surface area contributed by atoms with Gasteiger partial charge in [0, 0.05) is 25.1 Å². The molecule has 0 saturated heterocycles. The molecule has 0 spiro atoms. The lowest BCUT2D eigenvalue weighted by molar-refractivity contribution is 0.0591. The number of carbonyl (C=O) groups excluding carboxylic acids is 1. The molecule has 0 amide bonds. The zero-order chi connectivity index (χ0) is 13.7. The zero-order valence-electron chi connectivity index (χ0n) is 11.4. The van der Waals surface area contributed by atoms with Gasteiger partial charge < -0.3 is 10.1 Å². The van der Waals surface area contributed by atoms with Crippen molar-refractivity contribution >= 4 is 17.7 Å². The summed E-state index contributed by atoms with van der Waals surface area (Å²) in [6, 6.07) is 0. The van der Waals surface area contributed by atoms with E-state index in [2.05, 4.69) is 22.2 Å². The molecule has 0 aromatic carbocycles. The molecule has 1 aliphatic heterocycles. The van der Waals surface area contributed by atoms with Gasteiger partial charge in [0.2, 0.25) is 0 Å². The quantitative estimate of drug-likeness (QED) is 0.652. The van der Waals surface area contributed by atoms with Crippen LogP contribution in [0.15, 0.2) is 0 Å². The second kappa shape index (κ2) is 6.86. The van der Waals surface area contributed by atoms with Crippen LogP contribution in [0, 0.1) is 0 Å². The molecule has 104 valence electrons. The number of carbonyl (C=O) groups is 1. The molecule has 0 saturated carbocycles. The van der Waals surface area contributed by atoms with Crippen LogP contribution in [-0.2, 0) is 23.5 Å². The van der Waals surface area contributed by atoms with Gasteiger partial charge in [-0.25, -0.2) is 14.8 Å². The van der Waals surface area contributed by atoms with E-state index in [1.165, 1.54) is 7.11 Å². The Morgan fingerprint density at radius 2 is 2.32 bits per heavy atom. The Kier molecular flexibility index (Phi) is 5.15. The summed E-state index contributed by atoms with van der Waals surface area (Å²) in [5, 5.41) is 3.24. The Morgan fingerprint density at radius 3 is 3.05 bits per heavy atom. The number of nitrogens with zero attached hydrogens (tertiary/aromatic N) is 2. The van der Waals surface area contributed by atoms with E-state index < -0.39 is 0 Å². The van der Waals surface area contributed by atoms with E-state index >= 15 is 0 Å². The monoisotopic (exact) mass is 281 g/mol. The third kappa shape index (κ3) is 3.45. The van der Waals surface area contributed by atoms with Crippen LogP contribution >= 0.6 is 11.8 Å². The number of rotatable bonds is 5. The van der Waals surface area contributed by atoms with E-state index in [0.717, 1.165) is 48.0 Å². The van der Waals surface area contributed by atoms with Gasteiger partial charge in [-0.3, -0.25) is 0 Å². The van der Waals surface area contributed by atoms with Crippen LogP contribution in [0.25, 0.3) is 0 Å². The van der Waals surface area contributed by atoms with Gasteiger partial charge in [0.1, 0.15) is 5.82 Å². The largest absolute Gasteiger partial charge is 0.464 e. The van der Waals surface area contributed by atoms with Crippen LogP contribution in [0.4, 0.5) is 0 Å². The summed E-state index contributed by atoms with van der Waals surface area (Å²) in [7, 11) is 1.39. The number of thioether (sulfide) groups is 1. The first-order chi connectivity index (χ1) is 9.26. The minimum Gasteiger partial charge on any atom is -0.464 e. The van der Waals surface area contributed by atoms with Crippen LogP contribution in [0.1, 0.15) is 40.9 Å². The minimum absolute atomic E-state index is 0.371. The summed E-state index contributed by atoms with van der Waals surface area (Å²) < 4.78 is 4.82. The molecule has 5 nitrogen and oxygen atoms in total. The molecule has 0 aliphatic carbocycles. The third-order valence-electron chi connectivity index (χ3n) is 2.94. The fourth-order valence-corrected chi connectivity index (χ4v) is 2.78. The first-order valence-corrected chi connectivity index (χ1v) is 7.67. The highest BCUT2D eigenvalue weighted by molar-refractivity contribution is 7.98. The van der Waals surface area contributed by atoms with E-state index in [4.69, 9.17) is 4.74 Å². The SMILES string of the molecule is CCCSCc1nc2c(c(C(=O)OC)n1)CNCC2. The van der Waals surface area contributed by atoms with Gasteiger partial charge in [0.05, 0.1) is 18.6 Å². The highest BCUT2D eigenvalue weighted by atomic mass is 32.2. The van der Waals surface area contributed by atoms with Crippen molar-refractivity contribution in [2.75, 3.05) is 19.4 Å². The van der Waals surface area contributed by atoms with Gasteiger partial charge in [0.25, 0.3) is 0 Å². The van der Waals surface area contributed by atoms with Crippen LogP contribution in [0.5, 0.6) is 0 Å². The molecule has 19 heavy (non-hydrogen) atoms. The maximum atomic E-state index is 11.8. The van der Waals surface area contributed by atoms with Gasteiger partial charge in [-0.2, -0.15) is 11.8 Å². The standard InChI is InChI=1S/C13H19N3O2S/c1-3-6-19-8-11-15-10-4-5-14-7-9(10)12(16-11)13(17)18-2/h14H,3-8H2,1-2H3. The third-order valence-corrected chi connectivity index (χ3v) is 4.10. The van der Waals surface area contributed by atoms with Crippen LogP contribution in [0.3, 0.4) is 0 Å². The lowest BCUT2D eigenvalue weighted by atomic mass is 10.1. The second-order valence-electron chi connectivity index (χ2n) is 4.38. The molecule has 0 unspecified atom stereocenters. The highest BCUT2D eigenvalue weighted by Gasteiger charge is 2.22. The molecular weight excluding hydrogens is 262 g/mol. The summed E-state index contributed by atoms with van der Waals surface area (Å²) in [5.74, 6) is 2.19. The average molecular weight is 281 g/mol. The summed E-state index contributed by atoms with van der Waals surface area (Å²) in [4.78, 5) is 20.8. The molecule has 1 aliphatic rings. The summed E-state index contributed by atoms with van der Waals surface area (Å²) in [6.45, 7) is 3.68. The number of ether oxygens (including phenoxy) is 1. The van der Waals surface area contributed by atoms with E-state index in [0.29, 0.717) is 12.2 Å². The van der Waals surface area contributed by atoms with Crippen molar-refractivity contribution in [2.24, 2.45) is 0 Å². The van der Waals surface area contributed by atoms with Crippen molar-refractivity contribution in [3.05, 3.63) is 22.8 Å². The van der Waals surface area contributed by atoms with Gasteiger partial charge in [-0.05, 0) is 12.2 Å². The Morgan fingerprint density at radius 1 is 1.47 bits per heavy atom. The van der Waals surface area contributed by atoms with E-state index in [9.17, 15) is 4.79 Å². The molecule has 0 atom stereocenters. The molecule has 1 N–H and O–H groups in total. The summed E-state index contributed by atoms with van der Waals surface area (Å²) in [6.07, 6.45) is 1.97. The van der Waals surface area contributed by atoms with Crippen molar-refractivity contribution in [1.82, 2.24) is 15.3 Å². The highest BCUT2D eigenvalue weighted by Crippen LogP contribution is 2.19. The van der Waals surface area contributed by atoms with Crippen molar-refractivity contribution in [3.8, 4) is 0 Å². The molecule has 2 rings (SSSR count). The topological polar surface area (TPSA) is 64.1 Å². The van der Waals surface area contributed by atoms with Crippen molar-refractivity contribution in [1.29, 1.82) is 0 Å². The fourth-order valence-electron chi connectivity index (χ4n) is 2.03. The molecule has 0 fully saturated rings. The van der Waals surface area contributed by atoms with Crippen LogP contribution in [-0.4, -0.2) is 35.3 Å². The number of esters is 1. The number of aromatic nitrogens is 2. The molecular formula is C13H19N3O2S. The van der Waals surface area contributed by atoms with Gasteiger partial charge in [-0.1, -0.05) is 6.92 Å². The van der Waals surface area contributed by atoms with Crippen molar-refractivity contribution in [2.45, 2.75) is 32.1 Å². The second-order valence-corrected chi connectivity index (χ2v) is 5.49. The number of methoxy groups -OCH3 is 1. The first kappa shape index (κ1) is 14.3.